The lowest BCUT2D eigenvalue weighted by molar-refractivity contribution is -0.142. The van der Waals surface area contributed by atoms with Gasteiger partial charge in [-0.25, -0.2) is 13.1 Å². The molecule has 0 heterocycles. The highest BCUT2D eigenvalue weighted by molar-refractivity contribution is 7.88. The molecule has 0 radical (unpaired) electrons. The first-order valence-electron chi connectivity index (χ1n) is 7.11. The molecule has 0 unspecified atom stereocenters. The van der Waals surface area contributed by atoms with Crippen LogP contribution in [0.5, 0.6) is 0 Å². The minimum atomic E-state index is -3.50. The largest absolute Gasteiger partial charge is 0.481 e. The molecule has 0 spiro atoms. The van der Waals surface area contributed by atoms with Crippen molar-refractivity contribution in [1.29, 1.82) is 5.26 Å². The number of aliphatic carboxylic acids is 1. The van der Waals surface area contributed by atoms with Gasteiger partial charge in [-0.3, -0.25) is 4.79 Å². The average molecular weight is 322 g/mol. The van der Waals surface area contributed by atoms with Gasteiger partial charge in [0.1, 0.15) is 0 Å². The highest BCUT2D eigenvalue weighted by Crippen LogP contribution is 2.25. The molecule has 0 aromatic heterocycles. The Morgan fingerprint density at radius 3 is 2.59 bits per heavy atom. The van der Waals surface area contributed by atoms with Gasteiger partial charge in [0.2, 0.25) is 10.0 Å². The van der Waals surface area contributed by atoms with E-state index in [4.69, 9.17) is 10.4 Å². The van der Waals surface area contributed by atoms with Crippen LogP contribution in [-0.2, 0) is 20.6 Å². The second-order valence-electron chi connectivity index (χ2n) is 5.58. The number of carboxylic acids is 1. The predicted molar refractivity (Wildman–Crippen MR) is 80.3 cm³/mol. The number of nitriles is 1. The number of sulfonamides is 1. The third-order valence-corrected chi connectivity index (χ3v) is 5.24. The van der Waals surface area contributed by atoms with E-state index in [0.29, 0.717) is 36.8 Å². The Kier molecular flexibility index (Phi) is 5.16. The SMILES string of the molecule is N#Cc1cccc(CS(=O)(=O)NC2CCC(C(=O)O)CC2)c1. The highest BCUT2D eigenvalue weighted by atomic mass is 32.2. The van der Waals surface area contributed by atoms with Crippen LogP contribution in [0.3, 0.4) is 0 Å². The molecule has 7 heteroatoms. The summed E-state index contributed by atoms with van der Waals surface area (Å²) in [5, 5.41) is 17.8. The van der Waals surface area contributed by atoms with Crippen LogP contribution in [-0.4, -0.2) is 25.5 Å². The number of benzene rings is 1. The molecule has 1 aromatic rings. The number of carboxylic acid groups (broad SMARTS) is 1. The zero-order valence-electron chi connectivity index (χ0n) is 12.0. The fraction of sp³-hybridized carbons (Fsp3) is 0.467. The molecule has 6 nitrogen and oxygen atoms in total. The number of carbonyl (C=O) groups is 1. The molecule has 0 bridgehead atoms. The summed E-state index contributed by atoms with van der Waals surface area (Å²) in [7, 11) is -3.50. The van der Waals surface area contributed by atoms with Crippen LogP contribution in [0.25, 0.3) is 0 Å². The molecule has 1 aromatic carbocycles. The van der Waals surface area contributed by atoms with E-state index in [1.54, 1.807) is 24.3 Å². The molecule has 1 aliphatic carbocycles. The third-order valence-electron chi connectivity index (χ3n) is 3.84. The minimum Gasteiger partial charge on any atom is -0.481 e. The van der Waals surface area contributed by atoms with Gasteiger partial charge in [-0.1, -0.05) is 12.1 Å². The summed E-state index contributed by atoms with van der Waals surface area (Å²) < 4.78 is 27.0. The van der Waals surface area contributed by atoms with E-state index in [1.807, 2.05) is 6.07 Å². The lowest BCUT2D eigenvalue weighted by atomic mass is 9.87. The van der Waals surface area contributed by atoms with Crippen LogP contribution in [0.1, 0.15) is 36.8 Å². The van der Waals surface area contributed by atoms with Gasteiger partial charge >= 0.3 is 5.97 Å². The molecule has 0 saturated heterocycles. The summed E-state index contributed by atoms with van der Waals surface area (Å²) in [6, 6.07) is 8.27. The Bertz CT molecular complexity index is 686. The Labute approximate surface area is 129 Å². The second kappa shape index (κ2) is 6.90. The van der Waals surface area contributed by atoms with E-state index < -0.39 is 16.0 Å². The maximum atomic E-state index is 12.2. The van der Waals surface area contributed by atoms with Crippen molar-refractivity contribution in [2.75, 3.05) is 0 Å². The number of hydrogen-bond donors (Lipinski definition) is 2. The topological polar surface area (TPSA) is 107 Å². The Hall–Kier alpha value is -1.91. The van der Waals surface area contributed by atoms with Gasteiger partial charge < -0.3 is 5.11 Å². The van der Waals surface area contributed by atoms with Crippen molar-refractivity contribution in [3.05, 3.63) is 35.4 Å². The van der Waals surface area contributed by atoms with Gasteiger partial charge in [-0.2, -0.15) is 5.26 Å². The van der Waals surface area contributed by atoms with Crippen molar-refractivity contribution in [2.45, 2.75) is 37.5 Å². The molecule has 2 N–H and O–H groups in total. The van der Waals surface area contributed by atoms with E-state index in [2.05, 4.69) is 4.72 Å². The summed E-state index contributed by atoms with van der Waals surface area (Å²) in [6.07, 6.45) is 2.06. The first-order valence-corrected chi connectivity index (χ1v) is 8.76. The number of nitrogens with one attached hydrogen (secondary N) is 1. The fourth-order valence-corrected chi connectivity index (χ4v) is 4.15. The van der Waals surface area contributed by atoms with E-state index in [1.165, 1.54) is 0 Å². The van der Waals surface area contributed by atoms with Crippen molar-refractivity contribution in [2.24, 2.45) is 5.92 Å². The van der Waals surface area contributed by atoms with Crippen LogP contribution in [0.2, 0.25) is 0 Å². The first-order chi connectivity index (χ1) is 10.4. The van der Waals surface area contributed by atoms with E-state index in [-0.39, 0.29) is 17.7 Å². The molecular formula is C15H18N2O4S. The number of nitrogens with zero attached hydrogens (tertiary/aromatic N) is 1. The van der Waals surface area contributed by atoms with Crippen LogP contribution >= 0.6 is 0 Å². The van der Waals surface area contributed by atoms with E-state index >= 15 is 0 Å². The average Bonchev–Trinajstić information content (AvgIpc) is 2.47. The Morgan fingerprint density at radius 1 is 1.32 bits per heavy atom. The monoisotopic (exact) mass is 322 g/mol. The molecule has 2 rings (SSSR count). The maximum Gasteiger partial charge on any atom is 0.306 e. The lowest BCUT2D eigenvalue weighted by Gasteiger charge is -2.26. The van der Waals surface area contributed by atoms with Gasteiger partial charge in [0.05, 0.1) is 23.3 Å². The minimum absolute atomic E-state index is 0.179. The zero-order chi connectivity index (χ0) is 16.2. The van der Waals surface area contributed by atoms with Crippen molar-refractivity contribution in [3.8, 4) is 6.07 Å². The molecule has 22 heavy (non-hydrogen) atoms. The van der Waals surface area contributed by atoms with Crippen molar-refractivity contribution >= 4 is 16.0 Å². The molecule has 1 fully saturated rings. The quantitative estimate of drug-likeness (QED) is 0.856. The Morgan fingerprint density at radius 2 is 2.00 bits per heavy atom. The van der Waals surface area contributed by atoms with Crippen LogP contribution in [0.15, 0.2) is 24.3 Å². The molecule has 0 atom stereocenters. The standard InChI is InChI=1S/C15H18N2O4S/c16-9-11-2-1-3-12(8-11)10-22(20,21)17-14-6-4-13(5-7-14)15(18)19/h1-3,8,13-14,17H,4-7,10H2,(H,18,19). The van der Waals surface area contributed by atoms with Crippen LogP contribution in [0, 0.1) is 17.2 Å². The zero-order valence-corrected chi connectivity index (χ0v) is 12.8. The van der Waals surface area contributed by atoms with Gasteiger partial charge in [-0.15, -0.1) is 0 Å². The van der Waals surface area contributed by atoms with Gasteiger partial charge in [0, 0.05) is 6.04 Å². The van der Waals surface area contributed by atoms with Crippen molar-refractivity contribution < 1.29 is 18.3 Å². The molecule has 1 saturated carbocycles. The van der Waals surface area contributed by atoms with Gasteiger partial charge in [-0.05, 0) is 43.4 Å². The summed E-state index contributed by atoms with van der Waals surface area (Å²) in [5.74, 6) is -1.36. The van der Waals surface area contributed by atoms with Gasteiger partial charge in [0.25, 0.3) is 0 Å². The van der Waals surface area contributed by atoms with Crippen molar-refractivity contribution in [3.63, 3.8) is 0 Å². The van der Waals surface area contributed by atoms with Gasteiger partial charge in [0.15, 0.2) is 0 Å². The third kappa shape index (κ3) is 4.55. The second-order valence-corrected chi connectivity index (χ2v) is 7.33. The van der Waals surface area contributed by atoms with Crippen LogP contribution in [0.4, 0.5) is 0 Å². The molecular weight excluding hydrogens is 304 g/mol. The molecule has 0 aliphatic heterocycles. The predicted octanol–water partition coefficient (Wildman–Crippen LogP) is 1.62. The molecule has 0 amide bonds. The van der Waals surface area contributed by atoms with E-state index in [9.17, 15) is 13.2 Å². The number of rotatable bonds is 5. The summed E-state index contributed by atoms with van der Waals surface area (Å²) in [5.41, 5.74) is 0.987. The number of hydrogen-bond acceptors (Lipinski definition) is 4. The fourth-order valence-electron chi connectivity index (χ4n) is 2.70. The molecule has 118 valence electrons. The smallest absolute Gasteiger partial charge is 0.306 e. The normalized spacial score (nSPS) is 22.0. The van der Waals surface area contributed by atoms with Crippen LogP contribution < -0.4 is 4.72 Å². The summed E-state index contributed by atoms with van der Waals surface area (Å²) in [4.78, 5) is 10.9. The first kappa shape index (κ1) is 16.5. The molecule has 1 aliphatic rings. The summed E-state index contributed by atoms with van der Waals surface area (Å²) in [6.45, 7) is 0. The van der Waals surface area contributed by atoms with E-state index in [0.717, 1.165) is 0 Å². The Balaban J connectivity index is 1.94. The maximum absolute atomic E-state index is 12.2. The summed E-state index contributed by atoms with van der Waals surface area (Å²) >= 11 is 0. The van der Waals surface area contributed by atoms with Crippen molar-refractivity contribution in [1.82, 2.24) is 4.72 Å². The highest BCUT2D eigenvalue weighted by Gasteiger charge is 2.28. The lowest BCUT2D eigenvalue weighted by Crippen LogP contribution is -2.39.